The van der Waals surface area contributed by atoms with Crippen LogP contribution in [0.15, 0.2) is 46.3 Å². The molecule has 0 atom stereocenters. The second-order valence-corrected chi connectivity index (χ2v) is 9.41. The molecular weight excluding hydrogens is 374 g/mol. The Morgan fingerprint density at radius 2 is 1.67 bits per heavy atom. The van der Waals surface area contributed by atoms with Crippen molar-refractivity contribution in [3.05, 3.63) is 47.2 Å². The largest absolute Gasteiger partial charge is 0.279 e. The fourth-order valence-electron chi connectivity index (χ4n) is 1.81. The van der Waals surface area contributed by atoms with Crippen LogP contribution < -0.4 is 4.72 Å². The highest BCUT2D eigenvalue weighted by atomic mass is 35.5. The van der Waals surface area contributed by atoms with Crippen LogP contribution in [-0.4, -0.2) is 40.2 Å². The van der Waals surface area contributed by atoms with Crippen LogP contribution in [0.4, 0.5) is 5.69 Å². The number of rotatable bonds is 5. The van der Waals surface area contributed by atoms with Crippen LogP contribution in [0.5, 0.6) is 0 Å². The lowest BCUT2D eigenvalue weighted by molar-refractivity contribution is 0.520. The summed E-state index contributed by atoms with van der Waals surface area (Å²) >= 11 is 5.65. The molecule has 10 heteroatoms. The van der Waals surface area contributed by atoms with Crippen LogP contribution in [0.3, 0.4) is 0 Å². The van der Waals surface area contributed by atoms with Crippen molar-refractivity contribution in [3.8, 4) is 0 Å². The third-order valence-corrected chi connectivity index (χ3v) is 6.63. The Balaban J connectivity index is 2.44. The number of hydrogen-bond acceptors (Lipinski definition) is 5. The molecule has 0 radical (unpaired) electrons. The number of hydrogen-bond donors (Lipinski definition) is 1. The zero-order chi connectivity index (χ0) is 18.1. The number of halogens is 1. The molecule has 24 heavy (non-hydrogen) atoms. The van der Waals surface area contributed by atoms with E-state index in [0.29, 0.717) is 5.56 Å². The summed E-state index contributed by atoms with van der Waals surface area (Å²) < 4.78 is 52.6. The molecular formula is C14H16ClN3O4S2. The predicted octanol–water partition coefficient (Wildman–Crippen LogP) is 2.09. The van der Waals surface area contributed by atoms with Crippen LogP contribution in [0.2, 0.25) is 5.15 Å². The smallest absolute Gasteiger partial charge is 0.263 e. The van der Waals surface area contributed by atoms with Crippen molar-refractivity contribution in [3.63, 3.8) is 0 Å². The fourth-order valence-corrected chi connectivity index (χ4v) is 3.91. The molecule has 1 heterocycles. The highest BCUT2D eigenvalue weighted by Crippen LogP contribution is 2.24. The van der Waals surface area contributed by atoms with Crippen molar-refractivity contribution in [1.29, 1.82) is 0 Å². The lowest BCUT2D eigenvalue weighted by atomic mass is 10.2. The molecule has 7 nitrogen and oxygen atoms in total. The van der Waals surface area contributed by atoms with Gasteiger partial charge < -0.3 is 0 Å². The van der Waals surface area contributed by atoms with E-state index in [1.54, 1.807) is 6.92 Å². The monoisotopic (exact) mass is 389 g/mol. The first-order valence-electron chi connectivity index (χ1n) is 6.71. The first kappa shape index (κ1) is 18.7. The molecule has 2 aromatic rings. The molecule has 2 rings (SSSR count). The number of nitrogens with one attached hydrogen (secondary N) is 1. The molecule has 0 bridgehead atoms. The SMILES string of the molecule is Cc1ccc(S(=O)(=O)N(C)C)cc1NS(=O)(=O)c1ccc(Cl)nc1. The minimum Gasteiger partial charge on any atom is -0.279 e. The molecule has 0 fully saturated rings. The number of aryl methyl sites for hydroxylation is 1. The maximum absolute atomic E-state index is 12.4. The van der Waals surface area contributed by atoms with Crippen molar-refractivity contribution in [2.45, 2.75) is 16.7 Å². The standard InChI is InChI=1S/C14H16ClN3O4S2/c1-10-4-5-11(24(21,22)18(2)3)8-13(10)17-23(19,20)12-6-7-14(15)16-9-12/h4-9,17H,1-3H3. The average molecular weight is 390 g/mol. The summed E-state index contributed by atoms with van der Waals surface area (Å²) in [5.41, 5.74) is 0.756. The topological polar surface area (TPSA) is 96.4 Å². The van der Waals surface area contributed by atoms with Crippen LogP contribution >= 0.6 is 11.6 Å². The van der Waals surface area contributed by atoms with E-state index >= 15 is 0 Å². The van der Waals surface area contributed by atoms with Gasteiger partial charge in [-0.05, 0) is 36.8 Å². The quantitative estimate of drug-likeness (QED) is 0.790. The fraction of sp³-hybridized carbons (Fsp3) is 0.214. The van der Waals surface area contributed by atoms with E-state index in [9.17, 15) is 16.8 Å². The number of pyridine rings is 1. The number of nitrogens with zero attached hydrogens (tertiary/aromatic N) is 2. The number of benzene rings is 1. The summed E-state index contributed by atoms with van der Waals surface area (Å²) in [7, 11) is -4.79. The second-order valence-electron chi connectivity index (χ2n) is 5.19. The van der Waals surface area contributed by atoms with Gasteiger partial charge in [0.15, 0.2) is 0 Å². The van der Waals surface area contributed by atoms with Gasteiger partial charge in [-0.1, -0.05) is 17.7 Å². The second kappa shape index (κ2) is 6.67. The van der Waals surface area contributed by atoms with Gasteiger partial charge in [-0.3, -0.25) is 4.72 Å². The van der Waals surface area contributed by atoms with E-state index in [0.717, 1.165) is 10.5 Å². The molecule has 1 aromatic carbocycles. The highest BCUT2D eigenvalue weighted by Gasteiger charge is 2.21. The lowest BCUT2D eigenvalue weighted by Gasteiger charge is -2.15. The van der Waals surface area contributed by atoms with Gasteiger partial charge in [0.25, 0.3) is 10.0 Å². The minimum absolute atomic E-state index is 0.00923. The van der Waals surface area contributed by atoms with Crippen molar-refractivity contribution in [1.82, 2.24) is 9.29 Å². The van der Waals surface area contributed by atoms with E-state index in [1.165, 1.54) is 44.4 Å². The Hall–Kier alpha value is -1.68. The molecule has 130 valence electrons. The summed E-state index contributed by atoms with van der Waals surface area (Å²) in [4.78, 5) is 3.65. The van der Waals surface area contributed by atoms with Crippen molar-refractivity contribution in [2.75, 3.05) is 18.8 Å². The minimum atomic E-state index is -3.91. The number of aromatic nitrogens is 1. The van der Waals surface area contributed by atoms with Gasteiger partial charge in [0.1, 0.15) is 10.0 Å². The summed E-state index contributed by atoms with van der Waals surface area (Å²) in [6, 6.07) is 6.91. The molecule has 0 amide bonds. The highest BCUT2D eigenvalue weighted by molar-refractivity contribution is 7.92. The van der Waals surface area contributed by atoms with Crippen molar-refractivity contribution >= 4 is 37.3 Å². The summed E-state index contributed by atoms with van der Waals surface area (Å²) in [5.74, 6) is 0. The van der Waals surface area contributed by atoms with Gasteiger partial charge in [0, 0.05) is 20.3 Å². The molecule has 0 saturated heterocycles. The predicted molar refractivity (Wildman–Crippen MR) is 92.1 cm³/mol. The molecule has 0 aliphatic heterocycles. The van der Waals surface area contributed by atoms with Crippen molar-refractivity contribution < 1.29 is 16.8 Å². The van der Waals surface area contributed by atoms with Gasteiger partial charge in [0.2, 0.25) is 10.0 Å². The van der Waals surface area contributed by atoms with E-state index in [2.05, 4.69) is 9.71 Å². The summed E-state index contributed by atoms with van der Waals surface area (Å²) in [5, 5.41) is 0.171. The van der Waals surface area contributed by atoms with Crippen LogP contribution in [-0.2, 0) is 20.0 Å². The molecule has 1 aromatic heterocycles. The zero-order valence-electron chi connectivity index (χ0n) is 13.2. The summed E-state index contributed by atoms with van der Waals surface area (Å²) in [6.07, 6.45) is 1.13. The number of anilines is 1. The molecule has 0 spiro atoms. The summed E-state index contributed by atoms with van der Waals surface area (Å²) in [6.45, 7) is 1.67. The Kier molecular flexibility index (Phi) is 5.19. The zero-order valence-corrected chi connectivity index (χ0v) is 15.6. The van der Waals surface area contributed by atoms with Crippen molar-refractivity contribution in [2.24, 2.45) is 0 Å². The Bertz CT molecular complexity index is 956. The maximum atomic E-state index is 12.4. The first-order valence-corrected chi connectivity index (χ1v) is 10.0. The van der Waals surface area contributed by atoms with E-state index in [4.69, 9.17) is 11.6 Å². The Morgan fingerprint density at radius 3 is 2.21 bits per heavy atom. The molecule has 0 saturated carbocycles. The van der Waals surface area contributed by atoms with E-state index < -0.39 is 20.0 Å². The van der Waals surface area contributed by atoms with Gasteiger partial charge in [-0.15, -0.1) is 0 Å². The Morgan fingerprint density at radius 1 is 1.04 bits per heavy atom. The molecule has 1 N–H and O–H groups in total. The average Bonchev–Trinajstić information content (AvgIpc) is 2.49. The normalized spacial score (nSPS) is 12.4. The molecule has 0 unspecified atom stereocenters. The molecule has 0 aliphatic rings. The van der Waals surface area contributed by atoms with Gasteiger partial charge in [-0.2, -0.15) is 0 Å². The van der Waals surface area contributed by atoms with Crippen LogP contribution in [0.25, 0.3) is 0 Å². The lowest BCUT2D eigenvalue weighted by Crippen LogP contribution is -2.22. The van der Waals surface area contributed by atoms with Gasteiger partial charge >= 0.3 is 0 Å². The van der Waals surface area contributed by atoms with Crippen LogP contribution in [0.1, 0.15) is 5.56 Å². The van der Waals surface area contributed by atoms with E-state index in [-0.39, 0.29) is 20.6 Å². The van der Waals surface area contributed by atoms with Gasteiger partial charge in [0.05, 0.1) is 10.6 Å². The maximum Gasteiger partial charge on any atom is 0.263 e. The molecule has 0 aliphatic carbocycles. The first-order chi connectivity index (χ1) is 11.0. The van der Waals surface area contributed by atoms with Gasteiger partial charge in [-0.25, -0.2) is 26.1 Å². The third kappa shape index (κ3) is 3.86. The Labute approximate surface area is 146 Å². The third-order valence-electron chi connectivity index (χ3n) is 3.24. The van der Waals surface area contributed by atoms with E-state index in [1.807, 2.05) is 0 Å². The van der Waals surface area contributed by atoms with Crippen LogP contribution in [0, 0.1) is 6.92 Å². The number of sulfonamides is 2.